The summed E-state index contributed by atoms with van der Waals surface area (Å²) in [6.45, 7) is 0. The zero-order chi connectivity index (χ0) is 12.0. The van der Waals surface area contributed by atoms with Crippen LogP contribution in [0.2, 0.25) is 0 Å². The number of hydrogen-bond acceptors (Lipinski definition) is 4. The van der Waals surface area contributed by atoms with E-state index in [-0.39, 0.29) is 0 Å². The van der Waals surface area contributed by atoms with E-state index in [4.69, 9.17) is 21.0 Å². The molecule has 74 valence electrons. The first kappa shape index (κ1) is 11.2. The SMILES string of the molecule is N#CC(C#N)c1cc[n+](C(C#N)C#N)cc1. The van der Waals surface area contributed by atoms with Crippen molar-refractivity contribution in [2.24, 2.45) is 0 Å². The first-order valence-corrected chi connectivity index (χ1v) is 4.36. The Hall–Kier alpha value is -2.89. The molecule has 5 nitrogen and oxygen atoms in total. The van der Waals surface area contributed by atoms with Gasteiger partial charge in [-0.3, -0.25) is 0 Å². The third kappa shape index (κ3) is 2.13. The fourth-order valence-corrected chi connectivity index (χ4v) is 1.15. The molecule has 5 heteroatoms. The van der Waals surface area contributed by atoms with E-state index in [0.717, 1.165) is 0 Å². The number of nitrogens with zero attached hydrogens (tertiary/aromatic N) is 5. The molecule has 1 heterocycles. The second-order valence-corrected chi connectivity index (χ2v) is 2.93. The normalized spacial score (nSPS) is 8.88. The Balaban J connectivity index is 3.03. The first-order valence-electron chi connectivity index (χ1n) is 4.36. The zero-order valence-corrected chi connectivity index (χ0v) is 8.20. The lowest BCUT2D eigenvalue weighted by Gasteiger charge is -1.99. The monoisotopic (exact) mass is 208 g/mol. The summed E-state index contributed by atoms with van der Waals surface area (Å²) < 4.78 is 1.41. The fraction of sp³-hybridized carbons (Fsp3) is 0.182. The average Bonchev–Trinajstić information content (AvgIpc) is 2.34. The van der Waals surface area contributed by atoms with Crippen LogP contribution in [-0.4, -0.2) is 0 Å². The third-order valence-corrected chi connectivity index (χ3v) is 2.01. The summed E-state index contributed by atoms with van der Waals surface area (Å²) >= 11 is 0. The molecule has 1 aromatic heterocycles. The Kier molecular flexibility index (Phi) is 3.57. The molecule has 0 atom stereocenters. The number of hydrogen-bond donors (Lipinski definition) is 0. The molecule has 0 saturated carbocycles. The molecule has 0 amide bonds. The number of nitriles is 4. The maximum absolute atomic E-state index is 8.67. The molecule has 0 saturated heterocycles. The minimum atomic E-state index is -0.892. The van der Waals surface area contributed by atoms with Crippen molar-refractivity contribution < 1.29 is 4.57 Å². The van der Waals surface area contributed by atoms with Crippen LogP contribution < -0.4 is 4.57 Å². The molecule has 0 aliphatic rings. The quantitative estimate of drug-likeness (QED) is 0.667. The summed E-state index contributed by atoms with van der Waals surface area (Å²) in [5, 5.41) is 34.6. The lowest BCUT2D eigenvalue weighted by atomic mass is 10.0. The van der Waals surface area contributed by atoms with Gasteiger partial charge in [-0.25, -0.2) is 0 Å². The van der Waals surface area contributed by atoms with Crippen molar-refractivity contribution in [3.63, 3.8) is 0 Å². The molecule has 0 unspecified atom stereocenters. The van der Waals surface area contributed by atoms with E-state index in [9.17, 15) is 0 Å². The van der Waals surface area contributed by atoms with Gasteiger partial charge in [-0.15, -0.1) is 0 Å². The van der Waals surface area contributed by atoms with E-state index in [0.29, 0.717) is 5.56 Å². The van der Waals surface area contributed by atoms with Crippen molar-refractivity contribution >= 4 is 0 Å². The van der Waals surface area contributed by atoms with Crippen molar-refractivity contribution in [2.75, 3.05) is 0 Å². The van der Waals surface area contributed by atoms with Crippen molar-refractivity contribution in [1.82, 2.24) is 0 Å². The largest absolute Gasteiger partial charge is 0.329 e. The summed E-state index contributed by atoms with van der Waals surface area (Å²) in [5.74, 6) is -0.822. The second-order valence-electron chi connectivity index (χ2n) is 2.93. The highest BCUT2D eigenvalue weighted by Gasteiger charge is 2.17. The molecule has 16 heavy (non-hydrogen) atoms. The highest BCUT2D eigenvalue weighted by Crippen LogP contribution is 2.11. The van der Waals surface area contributed by atoms with Gasteiger partial charge in [0.25, 0.3) is 0 Å². The predicted molar refractivity (Wildman–Crippen MR) is 50.9 cm³/mol. The van der Waals surface area contributed by atoms with Gasteiger partial charge >= 0.3 is 6.04 Å². The van der Waals surface area contributed by atoms with Gasteiger partial charge in [-0.2, -0.15) is 25.6 Å². The molecule has 0 fully saturated rings. The first-order chi connectivity index (χ1) is 7.76. The summed E-state index contributed by atoms with van der Waals surface area (Å²) in [6.07, 6.45) is 3.02. The molecule has 0 spiro atoms. The van der Waals surface area contributed by atoms with Gasteiger partial charge in [0.05, 0.1) is 12.1 Å². The van der Waals surface area contributed by atoms with Crippen LogP contribution in [0.4, 0.5) is 0 Å². The molecule has 0 bridgehead atoms. The Morgan fingerprint density at radius 2 is 1.38 bits per heavy atom. The van der Waals surface area contributed by atoms with Crippen LogP contribution in [0.25, 0.3) is 0 Å². The number of pyridine rings is 1. The summed E-state index contributed by atoms with van der Waals surface area (Å²) in [7, 11) is 0. The molecule has 0 radical (unpaired) electrons. The van der Waals surface area contributed by atoms with Crippen molar-refractivity contribution in [2.45, 2.75) is 12.0 Å². The van der Waals surface area contributed by atoms with Crippen LogP contribution in [-0.2, 0) is 0 Å². The van der Waals surface area contributed by atoms with Crippen LogP contribution in [0.5, 0.6) is 0 Å². The van der Waals surface area contributed by atoms with Crippen LogP contribution in [0.3, 0.4) is 0 Å². The standard InChI is InChI=1S/C11H6N5/c12-5-10(6-13)9-1-3-16(4-2-9)11(7-14)8-15/h1-4,10-11H/q+1. The van der Waals surface area contributed by atoms with E-state index < -0.39 is 12.0 Å². The highest BCUT2D eigenvalue weighted by atomic mass is 15.0. The van der Waals surface area contributed by atoms with Crippen molar-refractivity contribution in [3.8, 4) is 24.3 Å². The fourth-order valence-electron chi connectivity index (χ4n) is 1.15. The Bertz CT molecular complexity index is 453. The lowest BCUT2D eigenvalue weighted by Crippen LogP contribution is -2.37. The van der Waals surface area contributed by atoms with Crippen LogP contribution in [0.1, 0.15) is 17.5 Å². The summed E-state index contributed by atoms with van der Waals surface area (Å²) in [4.78, 5) is 0. The van der Waals surface area contributed by atoms with Crippen molar-refractivity contribution in [3.05, 3.63) is 30.1 Å². The van der Waals surface area contributed by atoms with Crippen LogP contribution in [0, 0.1) is 45.3 Å². The molecule has 1 rings (SSSR count). The van der Waals surface area contributed by atoms with Gasteiger partial charge in [0.2, 0.25) is 0 Å². The Morgan fingerprint density at radius 1 is 0.875 bits per heavy atom. The van der Waals surface area contributed by atoms with Crippen molar-refractivity contribution in [1.29, 1.82) is 21.0 Å². The minimum absolute atomic E-state index is 0.552. The van der Waals surface area contributed by atoms with Gasteiger partial charge in [-0.1, -0.05) is 0 Å². The molecular formula is C11H6N5+. The Morgan fingerprint density at radius 3 is 1.75 bits per heavy atom. The average molecular weight is 208 g/mol. The maximum atomic E-state index is 8.67. The van der Waals surface area contributed by atoms with E-state index in [1.54, 1.807) is 12.1 Å². The van der Waals surface area contributed by atoms with Gasteiger partial charge in [0.15, 0.2) is 30.5 Å². The van der Waals surface area contributed by atoms with Gasteiger partial charge in [0.1, 0.15) is 0 Å². The Labute approximate surface area is 92.6 Å². The zero-order valence-electron chi connectivity index (χ0n) is 8.20. The highest BCUT2D eigenvalue weighted by molar-refractivity contribution is 5.28. The number of aromatic nitrogens is 1. The van der Waals surface area contributed by atoms with E-state index in [2.05, 4.69) is 0 Å². The minimum Gasteiger partial charge on any atom is -0.196 e. The third-order valence-electron chi connectivity index (χ3n) is 2.01. The molecule has 0 aromatic carbocycles. The van der Waals surface area contributed by atoms with Gasteiger partial charge in [0, 0.05) is 12.1 Å². The smallest absolute Gasteiger partial charge is 0.196 e. The molecule has 0 aliphatic carbocycles. The molecular weight excluding hydrogens is 202 g/mol. The van der Waals surface area contributed by atoms with E-state index >= 15 is 0 Å². The summed E-state index contributed by atoms with van der Waals surface area (Å²) in [5.41, 5.74) is 0.552. The van der Waals surface area contributed by atoms with Gasteiger partial charge < -0.3 is 0 Å². The van der Waals surface area contributed by atoms with Crippen LogP contribution >= 0.6 is 0 Å². The molecule has 1 aromatic rings. The van der Waals surface area contributed by atoms with Gasteiger partial charge in [-0.05, 0) is 5.56 Å². The van der Waals surface area contributed by atoms with Crippen LogP contribution in [0.15, 0.2) is 24.5 Å². The topological polar surface area (TPSA) is 99.0 Å². The second kappa shape index (κ2) is 5.11. The molecule has 0 N–H and O–H groups in total. The summed E-state index contributed by atoms with van der Waals surface area (Å²) in [6, 6.07) is 9.54. The van der Waals surface area contributed by atoms with E-state index in [1.807, 2.05) is 24.3 Å². The predicted octanol–water partition coefficient (Wildman–Crippen LogP) is 0.693. The lowest BCUT2D eigenvalue weighted by molar-refractivity contribution is -0.697. The number of rotatable bonds is 2. The van der Waals surface area contributed by atoms with E-state index in [1.165, 1.54) is 17.0 Å². The molecule has 0 aliphatic heterocycles. The maximum Gasteiger partial charge on any atom is 0.329 e.